The Bertz CT molecular complexity index is 598. The molecule has 1 amide bonds. The lowest BCUT2D eigenvalue weighted by Crippen LogP contribution is -2.59. The molecule has 1 N–H and O–H groups in total. The van der Waals surface area contributed by atoms with Crippen molar-refractivity contribution in [2.75, 3.05) is 26.2 Å². The summed E-state index contributed by atoms with van der Waals surface area (Å²) in [6.45, 7) is 8.74. The van der Waals surface area contributed by atoms with E-state index >= 15 is 0 Å². The molecule has 5 saturated carbocycles. The molecule has 4 nitrogen and oxygen atoms in total. The minimum absolute atomic E-state index is 0.158. The highest BCUT2D eigenvalue weighted by Crippen LogP contribution is 2.67. The highest BCUT2D eigenvalue weighted by Gasteiger charge is 2.60. The number of ether oxygens (including phenoxy) is 1. The average molecular weight is 389 g/mol. The van der Waals surface area contributed by atoms with Crippen LogP contribution in [0.25, 0.3) is 0 Å². The predicted molar refractivity (Wildman–Crippen MR) is 111 cm³/mol. The quantitative estimate of drug-likeness (QED) is 0.667. The van der Waals surface area contributed by atoms with Crippen LogP contribution in [0.3, 0.4) is 0 Å². The molecular formula is C24H40N2O2. The molecule has 4 heteroatoms. The molecule has 6 aliphatic rings. The Hall–Kier alpha value is -0.610. The normalized spacial score (nSPS) is 45.5. The molecule has 1 saturated heterocycles. The molecule has 0 radical (unpaired) electrons. The number of hydrogen-bond donors (Lipinski definition) is 1. The van der Waals surface area contributed by atoms with Gasteiger partial charge in [0.2, 0.25) is 5.91 Å². The first-order valence-electron chi connectivity index (χ1n) is 12.0. The summed E-state index contributed by atoms with van der Waals surface area (Å²) in [4.78, 5) is 14.5. The third-order valence-corrected chi connectivity index (χ3v) is 8.50. The Balaban J connectivity index is 1.09. The molecule has 158 valence electrons. The van der Waals surface area contributed by atoms with Crippen LogP contribution >= 0.6 is 0 Å². The van der Waals surface area contributed by atoms with Gasteiger partial charge >= 0.3 is 0 Å². The van der Waals surface area contributed by atoms with Crippen LogP contribution in [0.2, 0.25) is 0 Å². The van der Waals surface area contributed by atoms with Crippen molar-refractivity contribution in [2.24, 2.45) is 22.7 Å². The summed E-state index contributed by atoms with van der Waals surface area (Å²) in [6, 6.07) is 0.475. The zero-order valence-corrected chi connectivity index (χ0v) is 18.1. The summed E-state index contributed by atoms with van der Waals surface area (Å²) < 4.78 is 6.66. The van der Waals surface area contributed by atoms with Crippen molar-refractivity contribution in [1.82, 2.24) is 10.2 Å². The predicted octanol–water partition coefficient (Wildman–Crippen LogP) is 4.13. The molecule has 3 unspecified atom stereocenters. The zero-order valence-electron chi connectivity index (χ0n) is 18.1. The van der Waals surface area contributed by atoms with E-state index < -0.39 is 0 Å². The molecule has 1 aliphatic heterocycles. The summed E-state index contributed by atoms with van der Waals surface area (Å²) in [7, 11) is 0. The van der Waals surface area contributed by atoms with Crippen LogP contribution in [-0.2, 0) is 9.53 Å². The minimum Gasteiger partial charge on any atom is -0.374 e. The smallest absolute Gasteiger partial charge is 0.222 e. The van der Waals surface area contributed by atoms with Gasteiger partial charge in [-0.2, -0.15) is 0 Å². The summed E-state index contributed by atoms with van der Waals surface area (Å²) in [6.07, 6.45) is 13.6. The molecule has 5 aliphatic carbocycles. The third-order valence-electron chi connectivity index (χ3n) is 8.50. The van der Waals surface area contributed by atoms with Gasteiger partial charge in [-0.25, -0.2) is 0 Å². The van der Waals surface area contributed by atoms with Crippen LogP contribution in [-0.4, -0.2) is 48.7 Å². The van der Waals surface area contributed by atoms with Crippen molar-refractivity contribution >= 4 is 5.91 Å². The average Bonchev–Trinajstić information content (AvgIpc) is 3.40. The molecule has 3 atom stereocenters. The number of carbonyl (C=O) groups is 1. The second-order valence-electron chi connectivity index (χ2n) is 11.9. The highest BCUT2D eigenvalue weighted by molar-refractivity contribution is 5.76. The van der Waals surface area contributed by atoms with Gasteiger partial charge in [0.1, 0.15) is 0 Å². The van der Waals surface area contributed by atoms with Crippen molar-refractivity contribution < 1.29 is 9.53 Å². The maximum atomic E-state index is 12.3. The molecule has 0 aromatic heterocycles. The lowest BCUT2D eigenvalue weighted by molar-refractivity contribution is -0.213. The number of hydrogen-bond acceptors (Lipinski definition) is 3. The fourth-order valence-electron chi connectivity index (χ4n) is 8.08. The first-order valence-corrected chi connectivity index (χ1v) is 12.0. The Morgan fingerprint density at radius 3 is 2.46 bits per heavy atom. The van der Waals surface area contributed by atoms with Gasteiger partial charge in [0.25, 0.3) is 0 Å². The van der Waals surface area contributed by atoms with Gasteiger partial charge in [0.15, 0.2) is 0 Å². The number of likely N-dealkylation sites (tertiary alicyclic amines) is 1. The van der Waals surface area contributed by atoms with E-state index in [1.165, 1.54) is 51.4 Å². The molecule has 6 rings (SSSR count). The zero-order chi connectivity index (χ0) is 19.4. The lowest BCUT2D eigenvalue weighted by atomic mass is 9.43. The van der Waals surface area contributed by atoms with E-state index in [2.05, 4.69) is 24.1 Å². The van der Waals surface area contributed by atoms with E-state index in [9.17, 15) is 4.79 Å². The number of nitrogens with one attached hydrogen (secondary N) is 1. The van der Waals surface area contributed by atoms with Gasteiger partial charge in [0, 0.05) is 32.1 Å². The van der Waals surface area contributed by atoms with E-state index in [0.717, 1.165) is 50.9 Å². The minimum atomic E-state index is 0.158. The molecule has 4 bridgehead atoms. The standard InChI is InChI=1S/C24H40N2O2/c1-22-11-19-12-23(2,15-22)17-24(13-19,16-22)28-10-8-25-20-5-6-21(27)26(9-7-20)14-18-3-4-18/h18-20,25H,3-17H2,1-2H3. The van der Waals surface area contributed by atoms with Crippen LogP contribution in [0.4, 0.5) is 0 Å². The Morgan fingerprint density at radius 1 is 1.04 bits per heavy atom. The number of rotatable bonds is 7. The molecule has 0 aromatic carbocycles. The van der Waals surface area contributed by atoms with Crippen LogP contribution in [0, 0.1) is 22.7 Å². The van der Waals surface area contributed by atoms with Crippen molar-refractivity contribution in [3.8, 4) is 0 Å². The number of carbonyl (C=O) groups excluding carboxylic acids is 1. The molecule has 6 fully saturated rings. The van der Waals surface area contributed by atoms with Gasteiger partial charge < -0.3 is 15.0 Å². The van der Waals surface area contributed by atoms with E-state index in [4.69, 9.17) is 4.74 Å². The van der Waals surface area contributed by atoms with Crippen molar-refractivity contribution in [3.05, 3.63) is 0 Å². The van der Waals surface area contributed by atoms with E-state index in [1.807, 2.05) is 0 Å². The first kappa shape index (κ1) is 19.4. The SMILES string of the molecule is CC12CC3CC(C)(C1)CC(OCCNC1CCC(=O)N(CC4CC4)CC1)(C3)C2. The monoisotopic (exact) mass is 388 g/mol. The summed E-state index contributed by atoms with van der Waals surface area (Å²) >= 11 is 0. The Morgan fingerprint density at radius 2 is 1.79 bits per heavy atom. The fraction of sp³-hybridized carbons (Fsp3) is 0.958. The van der Waals surface area contributed by atoms with E-state index in [1.54, 1.807) is 0 Å². The summed E-state index contributed by atoms with van der Waals surface area (Å²) in [5.41, 5.74) is 1.20. The van der Waals surface area contributed by atoms with Gasteiger partial charge in [-0.05, 0) is 86.9 Å². The lowest BCUT2D eigenvalue weighted by Gasteiger charge is -2.65. The third kappa shape index (κ3) is 4.01. The van der Waals surface area contributed by atoms with Crippen molar-refractivity contribution in [1.29, 1.82) is 0 Å². The number of amides is 1. The van der Waals surface area contributed by atoms with Crippen LogP contribution < -0.4 is 5.32 Å². The highest BCUT2D eigenvalue weighted by atomic mass is 16.5. The van der Waals surface area contributed by atoms with Gasteiger partial charge in [0.05, 0.1) is 12.2 Å². The summed E-state index contributed by atoms with van der Waals surface area (Å²) in [5, 5.41) is 3.72. The van der Waals surface area contributed by atoms with Crippen LogP contribution in [0.5, 0.6) is 0 Å². The Kier molecular flexibility index (Phi) is 4.82. The molecule has 1 heterocycles. The maximum absolute atomic E-state index is 12.3. The molecule has 28 heavy (non-hydrogen) atoms. The van der Waals surface area contributed by atoms with Crippen molar-refractivity contribution in [2.45, 2.75) is 96.1 Å². The number of nitrogens with zero attached hydrogens (tertiary/aromatic N) is 1. The van der Waals surface area contributed by atoms with Gasteiger partial charge in [-0.15, -0.1) is 0 Å². The summed E-state index contributed by atoms with van der Waals surface area (Å²) in [5.74, 6) is 2.07. The fourth-order valence-corrected chi connectivity index (χ4v) is 8.08. The van der Waals surface area contributed by atoms with E-state index in [0.29, 0.717) is 29.2 Å². The second kappa shape index (κ2) is 6.97. The largest absolute Gasteiger partial charge is 0.374 e. The molecule has 0 aromatic rings. The molecule has 0 spiro atoms. The van der Waals surface area contributed by atoms with Crippen LogP contribution in [0.1, 0.15) is 84.5 Å². The maximum Gasteiger partial charge on any atom is 0.222 e. The topological polar surface area (TPSA) is 41.6 Å². The van der Waals surface area contributed by atoms with E-state index in [-0.39, 0.29) is 5.60 Å². The van der Waals surface area contributed by atoms with Gasteiger partial charge in [-0.3, -0.25) is 4.79 Å². The van der Waals surface area contributed by atoms with Crippen LogP contribution in [0.15, 0.2) is 0 Å². The first-order chi connectivity index (χ1) is 13.3. The molecular weight excluding hydrogens is 348 g/mol. The second-order valence-corrected chi connectivity index (χ2v) is 11.9. The Labute approximate surface area is 171 Å². The van der Waals surface area contributed by atoms with Crippen molar-refractivity contribution in [3.63, 3.8) is 0 Å². The van der Waals surface area contributed by atoms with Gasteiger partial charge in [-0.1, -0.05) is 13.8 Å².